The number of likely N-dealkylation sites (tertiary alicyclic amines) is 1. The summed E-state index contributed by atoms with van der Waals surface area (Å²) in [6.45, 7) is 2.87. The van der Waals surface area contributed by atoms with Crippen LogP contribution in [0.5, 0.6) is 0 Å². The SMILES string of the molecule is Cn1c(CN2CCC(Nc3ccncn3)CC2)cccc1=O. The summed E-state index contributed by atoms with van der Waals surface area (Å²) in [5, 5.41) is 3.45. The van der Waals surface area contributed by atoms with Gasteiger partial charge in [0.05, 0.1) is 0 Å². The van der Waals surface area contributed by atoms with Crippen molar-refractivity contribution in [2.75, 3.05) is 18.4 Å². The van der Waals surface area contributed by atoms with Crippen LogP contribution < -0.4 is 10.9 Å². The average molecular weight is 299 g/mol. The van der Waals surface area contributed by atoms with Crippen LogP contribution in [0.25, 0.3) is 0 Å². The molecule has 0 unspecified atom stereocenters. The van der Waals surface area contributed by atoms with Gasteiger partial charge in [0.2, 0.25) is 5.56 Å². The average Bonchev–Trinajstić information content (AvgIpc) is 2.55. The number of anilines is 1. The van der Waals surface area contributed by atoms with Gasteiger partial charge in [0.15, 0.2) is 0 Å². The third-order valence-corrected chi connectivity index (χ3v) is 4.20. The lowest BCUT2D eigenvalue weighted by molar-refractivity contribution is 0.206. The number of hydrogen-bond donors (Lipinski definition) is 1. The summed E-state index contributed by atoms with van der Waals surface area (Å²) in [5.74, 6) is 0.888. The van der Waals surface area contributed by atoms with Crippen molar-refractivity contribution in [2.45, 2.75) is 25.4 Å². The second-order valence-corrected chi connectivity index (χ2v) is 5.70. The van der Waals surface area contributed by atoms with E-state index in [0.717, 1.165) is 44.0 Å². The molecule has 6 nitrogen and oxygen atoms in total. The van der Waals surface area contributed by atoms with E-state index >= 15 is 0 Å². The van der Waals surface area contributed by atoms with Gasteiger partial charge in [-0.25, -0.2) is 9.97 Å². The van der Waals surface area contributed by atoms with Crippen LogP contribution in [0.2, 0.25) is 0 Å². The summed E-state index contributed by atoms with van der Waals surface area (Å²) in [6.07, 6.45) is 5.46. The summed E-state index contributed by atoms with van der Waals surface area (Å²) in [5.41, 5.74) is 1.12. The highest BCUT2D eigenvalue weighted by molar-refractivity contribution is 5.33. The predicted octanol–water partition coefficient (Wildman–Crippen LogP) is 1.25. The zero-order valence-electron chi connectivity index (χ0n) is 12.8. The van der Waals surface area contributed by atoms with Crippen molar-refractivity contribution >= 4 is 5.82 Å². The van der Waals surface area contributed by atoms with Crippen molar-refractivity contribution < 1.29 is 0 Å². The van der Waals surface area contributed by atoms with Crippen molar-refractivity contribution in [3.63, 3.8) is 0 Å². The highest BCUT2D eigenvalue weighted by Crippen LogP contribution is 2.16. The molecular formula is C16H21N5O. The van der Waals surface area contributed by atoms with E-state index in [-0.39, 0.29) is 5.56 Å². The van der Waals surface area contributed by atoms with Crippen LogP contribution in [0.15, 0.2) is 41.6 Å². The third-order valence-electron chi connectivity index (χ3n) is 4.20. The second-order valence-electron chi connectivity index (χ2n) is 5.70. The maximum absolute atomic E-state index is 11.7. The van der Waals surface area contributed by atoms with Crippen LogP contribution >= 0.6 is 0 Å². The van der Waals surface area contributed by atoms with Gasteiger partial charge in [-0.1, -0.05) is 6.07 Å². The molecule has 116 valence electrons. The standard InChI is InChI=1S/C16H21N5O/c1-20-14(3-2-4-16(20)22)11-21-9-6-13(7-10-21)19-15-5-8-17-12-18-15/h2-5,8,12-13H,6-7,9-11H2,1H3,(H,17,18,19). The molecule has 1 fully saturated rings. The monoisotopic (exact) mass is 299 g/mol. The predicted molar refractivity (Wildman–Crippen MR) is 85.6 cm³/mol. The summed E-state index contributed by atoms with van der Waals surface area (Å²) in [4.78, 5) is 22.2. The molecule has 1 aliphatic heterocycles. The molecule has 0 aliphatic carbocycles. The lowest BCUT2D eigenvalue weighted by Crippen LogP contribution is -2.39. The Kier molecular flexibility index (Phi) is 4.48. The molecule has 3 rings (SSSR count). The Balaban J connectivity index is 1.54. The Hall–Kier alpha value is -2.21. The molecule has 0 atom stereocenters. The Morgan fingerprint density at radius 1 is 1.27 bits per heavy atom. The molecule has 0 spiro atoms. The Morgan fingerprint density at radius 2 is 2.09 bits per heavy atom. The minimum Gasteiger partial charge on any atom is -0.367 e. The normalized spacial score (nSPS) is 16.6. The molecule has 2 aromatic rings. The molecule has 0 aromatic carbocycles. The molecule has 6 heteroatoms. The van der Waals surface area contributed by atoms with Gasteiger partial charge in [0.1, 0.15) is 12.1 Å². The summed E-state index contributed by atoms with van der Waals surface area (Å²) >= 11 is 0. The summed E-state index contributed by atoms with van der Waals surface area (Å²) in [6, 6.07) is 7.80. The van der Waals surface area contributed by atoms with E-state index in [9.17, 15) is 4.79 Å². The topological polar surface area (TPSA) is 63.1 Å². The zero-order chi connectivity index (χ0) is 15.4. The van der Waals surface area contributed by atoms with Gasteiger partial charge in [0.25, 0.3) is 0 Å². The minimum atomic E-state index is 0.0535. The second kappa shape index (κ2) is 6.70. The number of rotatable bonds is 4. The Morgan fingerprint density at radius 3 is 2.82 bits per heavy atom. The fourth-order valence-electron chi connectivity index (χ4n) is 2.82. The number of piperidine rings is 1. The van der Waals surface area contributed by atoms with Gasteiger partial charge < -0.3 is 9.88 Å². The number of nitrogens with one attached hydrogen (secondary N) is 1. The summed E-state index contributed by atoms with van der Waals surface area (Å²) in [7, 11) is 1.83. The van der Waals surface area contributed by atoms with E-state index in [4.69, 9.17) is 0 Å². The molecule has 0 saturated carbocycles. The maximum Gasteiger partial charge on any atom is 0.250 e. The molecule has 3 heterocycles. The van der Waals surface area contributed by atoms with Crippen LogP contribution in [-0.2, 0) is 13.6 Å². The largest absolute Gasteiger partial charge is 0.367 e. The van der Waals surface area contributed by atoms with Gasteiger partial charge in [-0.3, -0.25) is 9.69 Å². The first kappa shape index (κ1) is 14.7. The third kappa shape index (κ3) is 3.51. The van der Waals surface area contributed by atoms with E-state index < -0.39 is 0 Å². The first-order valence-electron chi connectivity index (χ1n) is 7.62. The van der Waals surface area contributed by atoms with E-state index in [1.54, 1.807) is 23.2 Å². The molecule has 1 saturated heterocycles. The molecule has 1 N–H and O–H groups in total. The highest BCUT2D eigenvalue weighted by atomic mass is 16.1. The Labute approximate surface area is 129 Å². The quantitative estimate of drug-likeness (QED) is 0.920. The zero-order valence-corrected chi connectivity index (χ0v) is 12.8. The van der Waals surface area contributed by atoms with Crippen molar-refractivity contribution in [3.8, 4) is 0 Å². The summed E-state index contributed by atoms with van der Waals surface area (Å²) < 4.78 is 1.73. The van der Waals surface area contributed by atoms with Gasteiger partial charge in [0, 0.05) is 50.7 Å². The fraction of sp³-hybridized carbons (Fsp3) is 0.438. The van der Waals surface area contributed by atoms with Crippen molar-refractivity contribution in [1.82, 2.24) is 19.4 Å². The highest BCUT2D eigenvalue weighted by Gasteiger charge is 2.19. The van der Waals surface area contributed by atoms with Gasteiger partial charge >= 0.3 is 0 Å². The Bertz CT molecular complexity index is 662. The molecule has 2 aromatic heterocycles. The molecule has 0 bridgehead atoms. The van der Waals surface area contributed by atoms with E-state index in [0.29, 0.717) is 6.04 Å². The van der Waals surface area contributed by atoms with Crippen LogP contribution in [0.1, 0.15) is 18.5 Å². The van der Waals surface area contributed by atoms with Gasteiger partial charge in [-0.15, -0.1) is 0 Å². The molecular weight excluding hydrogens is 278 g/mol. The lowest BCUT2D eigenvalue weighted by Gasteiger charge is -2.32. The minimum absolute atomic E-state index is 0.0535. The maximum atomic E-state index is 11.7. The molecule has 22 heavy (non-hydrogen) atoms. The number of aromatic nitrogens is 3. The first-order chi connectivity index (χ1) is 10.7. The van der Waals surface area contributed by atoms with Crippen molar-refractivity contribution in [2.24, 2.45) is 7.05 Å². The molecule has 0 amide bonds. The van der Waals surface area contributed by atoms with Crippen molar-refractivity contribution in [3.05, 3.63) is 52.8 Å². The van der Waals surface area contributed by atoms with Crippen LogP contribution in [0.3, 0.4) is 0 Å². The number of hydrogen-bond acceptors (Lipinski definition) is 5. The van der Waals surface area contributed by atoms with E-state index in [1.807, 2.05) is 25.2 Å². The van der Waals surface area contributed by atoms with Crippen LogP contribution in [-0.4, -0.2) is 38.6 Å². The molecule has 1 aliphatic rings. The fourth-order valence-corrected chi connectivity index (χ4v) is 2.82. The first-order valence-corrected chi connectivity index (χ1v) is 7.62. The van der Waals surface area contributed by atoms with E-state index in [1.165, 1.54) is 0 Å². The molecule has 0 radical (unpaired) electrons. The van der Waals surface area contributed by atoms with Crippen LogP contribution in [0.4, 0.5) is 5.82 Å². The van der Waals surface area contributed by atoms with Crippen LogP contribution in [0, 0.1) is 0 Å². The van der Waals surface area contributed by atoms with E-state index in [2.05, 4.69) is 20.2 Å². The lowest BCUT2D eigenvalue weighted by atomic mass is 10.0. The number of pyridine rings is 1. The van der Waals surface area contributed by atoms with Gasteiger partial charge in [-0.2, -0.15) is 0 Å². The van der Waals surface area contributed by atoms with Gasteiger partial charge in [-0.05, 0) is 25.0 Å². The number of nitrogens with zero attached hydrogens (tertiary/aromatic N) is 4. The van der Waals surface area contributed by atoms with Crippen molar-refractivity contribution in [1.29, 1.82) is 0 Å². The smallest absolute Gasteiger partial charge is 0.250 e.